The first-order valence-electron chi connectivity index (χ1n) is 14.4. The highest BCUT2D eigenvalue weighted by Crippen LogP contribution is 2.27. The molecule has 1 N–H and O–H groups in total. The summed E-state index contributed by atoms with van der Waals surface area (Å²) in [6, 6.07) is 15.3. The molecule has 1 saturated carbocycles. The summed E-state index contributed by atoms with van der Waals surface area (Å²) in [5, 5.41) is 3.01. The van der Waals surface area contributed by atoms with Gasteiger partial charge in [-0.25, -0.2) is 17.2 Å². The molecule has 0 bridgehead atoms. The van der Waals surface area contributed by atoms with Crippen molar-refractivity contribution in [3.63, 3.8) is 0 Å². The van der Waals surface area contributed by atoms with Crippen molar-refractivity contribution in [2.75, 3.05) is 17.5 Å². The lowest BCUT2D eigenvalue weighted by molar-refractivity contribution is -0.139. The van der Waals surface area contributed by atoms with E-state index in [-0.39, 0.29) is 28.7 Å². The van der Waals surface area contributed by atoms with Crippen molar-refractivity contribution in [3.8, 4) is 5.75 Å². The molecule has 1 fully saturated rings. The van der Waals surface area contributed by atoms with E-state index in [0.29, 0.717) is 12.4 Å². The number of hydrogen-bond donors (Lipinski definition) is 1. The van der Waals surface area contributed by atoms with Gasteiger partial charge in [-0.15, -0.1) is 0 Å². The molecule has 3 aromatic rings. The summed E-state index contributed by atoms with van der Waals surface area (Å²) >= 11 is 0. The van der Waals surface area contributed by atoms with Gasteiger partial charge in [0.2, 0.25) is 11.8 Å². The van der Waals surface area contributed by atoms with Crippen molar-refractivity contribution in [1.29, 1.82) is 0 Å². The molecule has 43 heavy (non-hydrogen) atoms. The van der Waals surface area contributed by atoms with Crippen LogP contribution in [0.4, 0.5) is 14.5 Å². The molecule has 3 aromatic carbocycles. The maximum atomic E-state index is 14.7. The van der Waals surface area contributed by atoms with Crippen molar-refractivity contribution in [2.45, 2.75) is 69.5 Å². The number of rotatable bonds is 12. The lowest BCUT2D eigenvalue weighted by atomic mass is 9.95. The average Bonchev–Trinajstić information content (AvgIpc) is 3.00. The van der Waals surface area contributed by atoms with E-state index >= 15 is 0 Å². The summed E-state index contributed by atoms with van der Waals surface area (Å²) in [7, 11) is -4.37. The number of carbonyl (C=O) groups excluding carboxylic acids is 2. The van der Waals surface area contributed by atoms with Crippen molar-refractivity contribution in [1.82, 2.24) is 10.2 Å². The van der Waals surface area contributed by atoms with E-state index in [1.807, 2.05) is 6.92 Å². The fourth-order valence-electron chi connectivity index (χ4n) is 5.10. The van der Waals surface area contributed by atoms with Crippen LogP contribution in [0.1, 0.15) is 51.5 Å². The summed E-state index contributed by atoms with van der Waals surface area (Å²) < 4.78 is 62.5. The van der Waals surface area contributed by atoms with Gasteiger partial charge in [0.25, 0.3) is 10.0 Å². The molecule has 4 rings (SSSR count). The van der Waals surface area contributed by atoms with Gasteiger partial charge in [-0.2, -0.15) is 0 Å². The maximum Gasteiger partial charge on any atom is 0.264 e. The first-order valence-corrected chi connectivity index (χ1v) is 15.9. The van der Waals surface area contributed by atoms with Crippen LogP contribution in [0.2, 0.25) is 0 Å². The summed E-state index contributed by atoms with van der Waals surface area (Å²) in [5.74, 6) is -1.77. The molecule has 0 heterocycles. The molecule has 8 nitrogen and oxygen atoms in total. The Hall–Kier alpha value is -3.99. The van der Waals surface area contributed by atoms with E-state index in [2.05, 4.69) is 5.32 Å². The van der Waals surface area contributed by atoms with Crippen molar-refractivity contribution in [2.24, 2.45) is 0 Å². The number of ether oxygens (including phenoxy) is 1. The van der Waals surface area contributed by atoms with Gasteiger partial charge in [0, 0.05) is 18.2 Å². The molecule has 0 unspecified atom stereocenters. The molecule has 0 spiro atoms. The maximum absolute atomic E-state index is 14.7. The monoisotopic (exact) mass is 613 g/mol. The van der Waals surface area contributed by atoms with Crippen LogP contribution in [-0.4, -0.2) is 50.4 Å². The number of benzene rings is 3. The minimum Gasteiger partial charge on any atom is -0.494 e. The molecule has 0 saturated heterocycles. The van der Waals surface area contributed by atoms with Crippen LogP contribution in [0.15, 0.2) is 77.7 Å². The Morgan fingerprint density at radius 2 is 1.60 bits per heavy atom. The molecule has 1 aliphatic rings. The standard InChI is InChI=1S/C32H37F2N3O5S/c1-3-42-28-17-15-27(16-18-28)37(43(40,41)29-19-13-25(33)14-20-29)22-31(38)36(21-24-9-7-8-12-30(24)34)23(2)32(39)35-26-10-5-4-6-11-26/h7-9,12-20,23,26H,3-6,10-11,21-22H2,1-2H3,(H,35,39)/t23-/m1/s1. The third kappa shape index (κ3) is 8.10. The van der Waals surface area contributed by atoms with E-state index in [0.717, 1.165) is 60.7 Å². The third-order valence-corrected chi connectivity index (χ3v) is 9.32. The predicted molar refractivity (Wildman–Crippen MR) is 160 cm³/mol. The number of carbonyl (C=O) groups is 2. The Bertz CT molecular complexity index is 1490. The van der Waals surface area contributed by atoms with E-state index in [1.165, 1.54) is 35.2 Å². The van der Waals surface area contributed by atoms with Crippen molar-refractivity contribution in [3.05, 3.63) is 90.0 Å². The second-order valence-electron chi connectivity index (χ2n) is 10.5. The fraction of sp³-hybridized carbons (Fsp3) is 0.375. The van der Waals surface area contributed by atoms with Crippen LogP contribution in [0.25, 0.3) is 0 Å². The second kappa shape index (κ2) is 14.5. The van der Waals surface area contributed by atoms with E-state index in [4.69, 9.17) is 4.74 Å². The van der Waals surface area contributed by atoms with E-state index in [1.54, 1.807) is 25.1 Å². The summed E-state index contributed by atoms with van der Waals surface area (Å²) in [4.78, 5) is 28.3. The summed E-state index contributed by atoms with van der Waals surface area (Å²) in [5.41, 5.74) is 0.341. The van der Waals surface area contributed by atoms with Crippen LogP contribution in [0.3, 0.4) is 0 Å². The Kier molecular flexibility index (Phi) is 10.7. The number of halogens is 2. The number of nitrogens with zero attached hydrogens (tertiary/aromatic N) is 2. The normalized spacial score (nSPS) is 14.5. The lowest BCUT2D eigenvalue weighted by Gasteiger charge is -2.33. The van der Waals surface area contributed by atoms with E-state index in [9.17, 15) is 26.8 Å². The minimum atomic E-state index is -4.37. The molecule has 1 atom stereocenters. The molecule has 11 heteroatoms. The molecular formula is C32H37F2N3O5S. The zero-order valence-electron chi connectivity index (χ0n) is 24.3. The van der Waals surface area contributed by atoms with Gasteiger partial charge in [0.1, 0.15) is 30.0 Å². The number of amides is 2. The van der Waals surface area contributed by atoms with Crippen molar-refractivity contribution >= 4 is 27.5 Å². The Balaban J connectivity index is 1.68. The topological polar surface area (TPSA) is 96.0 Å². The minimum absolute atomic E-state index is 0.0201. The van der Waals surface area contributed by atoms with Crippen LogP contribution in [0.5, 0.6) is 5.75 Å². The van der Waals surface area contributed by atoms with Gasteiger partial charge in [-0.3, -0.25) is 13.9 Å². The Morgan fingerprint density at radius 1 is 0.953 bits per heavy atom. The SMILES string of the molecule is CCOc1ccc(N(CC(=O)N(Cc2ccccc2F)[C@H](C)C(=O)NC2CCCCC2)S(=O)(=O)c2ccc(F)cc2)cc1. The van der Waals surface area contributed by atoms with Crippen LogP contribution in [0, 0.1) is 11.6 Å². The first kappa shape index (κ1) is 31.9. The van der Waals surface area contributed by atoms with Gasteiger partial charge >= 0.3 is 0 Å². The van der Waals surface area contributed by atoms with Gasteiger partial charge in [0.15, 0.2) is 0 Å². The molecule has 0 aliphatic heterocycles. The molecule has 0 aromatic heterocycles. The third-order valence-electron chi connectivity index (χ3n) is 7.53. The van der Waals surface area contributed by atoms with Crippen LogP contribution in [-0.2, 0) is 26.2 Å². The quantitative estimate of drug-likeness (QED) is 0.294. The smallest absolute Gasteiger partial charge is 0.264 e. The van der Waals surface area contributed by atoms with Crippen LogP contribution >= 0.6 is 0 Å². The molecule has 230 valence electrons. The van der Waals surface area contributed by atoms with Gasteiger partial charge in [-0.05, 0) is 81.3 Å². The average molecular weight is 614 g/mol. The number of sulfonamides is 1. The zero-order chi connectivity index (χ0) is 31.0. The highest BCUT2D eigenvalue weighted by molar-refractivity contribution is 7.92. The molecule has 0 radical (unpaired) electrons. The molecule has 2 amide bonds. The molecular weight excluding hydrogens is 576 g/mol. The van der Waals surface area contributed by atoms with Gasteiger partial charge in [-0.1, -0.05) is 37.5 Å². The lowest BCUT2D eigenvalue weighted by Crippen LogP contribution is -2.53. The number of anilines is 1. The van der Waals surface area contributed by atoms with Gasteiger partial charge < -0.3 is 15.0 Å². The highest BCUT2D eigenvalue weighted by Gasteiger charge is 2.33. The Morgan fingerprint density at radius 3 is 2.23 bits per heavy atom. The largest absolute Gasteiger partial charge is 0.494 e. The van der Waals surface area contributed by atoms with Crippen molar-refractivity contribution < 1.29 is 31.5 Å². The van der Waals surface area contributed by atoms with Gasteiger partial charge in [0.05, 0.1) is 17.2 Å². The second-order valence-corrected chi connectivity index (χ2v) is 12.4. The zero-order valence-corrected chi connectivity index (χ0v) is 25.2. The van der Waals surface area contributed by atoms with Crippen LogP contribution < -0.4 is 14.4 Å². The number of hydrogen-bond acceptors (Lipinski definition) is 5. The highest BCUT2D eigenvalue weighted by atomic mass is 32.2. The summed E-state index contributed by atoms with van der Waals surface area (Å²) in [6.45, 7) is 2.82. The fourth-order valence-corrected chi connectivity index (χ4v) is 6.51. The van der Waals surface area contributed by atoms with E-state index < -0.39 is 46.1 Å². The molecule has 1 aliphatic carbocycles. The Labute approximate surface area is 251 Å². The summed E-state index contributed by atoms with van der Waals surface area (Å²) in [6.07, 6.45) is 4.76. The predicted octanol–water partition coefficient (Wildman–Crippen LogP) is 5.43. The number of nitrogens with one attached hydrogen (secondary N) is 1. The first-order chi connectivity index (χ1) is 20.6.